The van der Waals surface area contributed by atoms with Crippen molar-refractivity contribution < 1.29 is 14.0 Å². The number of quaternary nitrogens is 1. The minimum atomic E-state index is -0.158. The van der Waals surface area contributed by atoms with Gasteiger partial charge in [0.1, 0.15) is 6.54 Å². The van der Waals surface area contributed by atoms with Gasteiger partial charge in [0, 0.05) is 12.0 Å². The molecule has 1 aromatic carbocycles. The molecule has 1 aromatic rings. The zero-order valence-electron chi connectivity index (χ0n) is 15.9. The Kier molecular flexibility index (Phi) is 5.24. The van der Waals surface area contributed by atoms with E-state index in [1.165, 1.54) is 5.56 Å². The lowest BCUT2D eigenvalue weighted by Gasteiger charge is -2.47. The summed E-state index contributed by atoms with van der Waals surface area (Å²) in [5, 5.41) is 0. The second-order valence-electron chi connectivity index (χ2n) is 9.09. The average molecular weight is 320 g/mol. The minimum absolute atomic E-state index is 0.0514. The van der Waals surface area contributed by atoms with Gasteiger partial charge in [-0.15, -0.1) is 0 Å². The topological polar surface area (TPSA) is 18.5 Å². The molecule has 130 valence electrons. The third-order valence-electron chi connectivity index (χ3n) is 4.49. The van der Waals surface area contributed by atoms with Gasteiger partial charge in [0.05, 0.1) is 37.8 Å². The molecular weight excluding hydrogens is 286 g/mol. The van der Waals surface area contributed by atoms with E-state index in [-0.39, 0.29) is 23.4 Å². The molecule has 2 atom stereocenters. The Balaban J connectivity index is 2.07. The molecular formula is C20H34NO2+. The maximum atomic E-state index is 6.27. The zero-order valence-corrected chi connectivity index (χ0v) is 15.9. The third kappa shape index (κ3) is 5.30. The highest BCUT2D eigenvalue weighted by molar-refractivity contribution is 5.13. The van der Waals surface area contributed by atoms with Crippen LogP contribution in [0.1, 0.15) is 46.6 Å². The van der Waals surface area contributed by atoms with Gasteiger partial charge in [-0.3, -0.25) is 0 Å². The molecule has 1 fully saturated rings. The Morgan fingerprint density at radius 2 is 1.78 bits per heavy atom. The summed E-state index contributed by atoms with van der Waals surface area (Å²) in [6, 6.07) is 10.7. The van der Waals surface area contributed by atoms with E-state index in [9.17, 15) is 0 Å². The van der Waals surface area contributed by atoms with E-state index in [1.807, 2.05) is 0 Å². The van der Waals surface area contributed by atoms with Crippen molar-refractivity contribution in [2.24, 2.45) is 5.41 Å². The number of ether oxygens (including phenoxy) is 2. The summed E-state index contributed by atoms with van der Waals surface area (Å²) in [7, 11) is 4.57. The highest BCUT2D eigenvalue weighted by Crippen LogP contribution is 2.37. The first-order valence-corrected chi connectivity index (χ1v) is 8.68. The van der Waals surface area contributed by atoms with Crippen molar-refractivity contribution in [1.29, 1.82) is 0 Å². The van der Waals surface area contributed by atoms with Crippen molar-refractivity contribution >= 4 is 0 Å². The number of benzene rings is 1. The third-order valence-corrected chi connectivity index (χ3v) is 4.49. The Morgan fingerprint density at radius 3 is 2.35 bits per heavy atom. The quantitative estimate of drug-likeness (QED) is 0.756. The van der Waals surface area contributed by atoms with Gasteiger partial charge in [-0.1, -0.05) is 30.3 Å². The van der Waals surface area contributed by atoms with Crippen molar-refractivity contribution in [2.75, 3.05) is 20.6 Å². The molecule has 0 amide bonds. The summed E-state index contributed by atoms with van der Waals surface area (Å²) >= 11 is 0. The van der Waals surface area contributed by atoms with E-state index in [4.69, 9.17) is 9.47 Å². The molecule has 1 heterocycles. The predicted octanol–water partition coefficient (Wildman–Crippen LogP) is 4.22. The van der Waals surface area contributed by atoms with Crippen LogP contribution in [0, 0.1) is 5.41 Å². The van der Waals surface area contributed by atoms with Crippen LogP contribution in [0.3, 0.4) is 0 Å². The van der Waals surface area contributed by atoms with Crippen molar-refractivity contribution in [2.45, 2.75) is 65.6 Å². The Labute approximate surface area is 142 Å². The summed E-state index contributed by atoms with van der Waals surface area (Å²) in [6.45, 7) is 13.0. The normalized spacial score (nSPS) is 25.3. The van der Waals surface area contributed by atoms with Gasteiger partial charge in [0.2, 0.25) is 0 Å². The molecule has 3 heteroatoms. The number of hydrogen-bond donors (Lipinski definition) is 0. The highest BCUT2D eigenvalue weighted by Gasteiger charge is 2.44. The first-order chi connectivity index (χ1) is 10.5. The van der Waals surface area contributed by atoms with Crippen LogP contribution in [0.4, 0.5) is 0 Å². The first-order valence-electron chi connectivity index (χ1n) is 8.68. The minimum Gasteiger partial charge on any atom is -0.349 e. The number of hydrogen-bond acceptors (Lipinski definition) is 2. The summed E-state index contributed by atoms with van der Waals surface area (Å²) in [6.07, 6.45) is 1.03. The molecule has 0 radical (unpaired) electrons. The summed E-state index contributed by atoms with van der Waals surface area (Å²) in [5.74, 6) is 0. The van der Waals surface area contributed by atoms with Crippen LogP contribution in [0.2, 0.25) is 0 Å². The fourth-order valence-corrected chi connectivity index (χ4v) is 3.97. The van der Waals surface area contributed by atoms with Gasteiger partial charge in [0.15, 0.2) is 6.29 Å². The molecule has 23 heavy (non-hydrogen) atoms. The smallest absolute Gasteiger partial charge is 0.169 e. The summed E-state index contributed by atoms with van der Waals surface area (Å²) < 4.78 is 13.3. The predicted molar refractivity (Wildman–Crippen MR) is 95.0 cm³/mol. The second-order valence-corrected chi connectivity index (χ2v) is 9.09. The van der Waals surface area contributed by atoms with Crippen molar-refractivity contribution in [3.63, 3.8) is 0 Å². The van der Waals surface area contributed by atoms with Gasteiger partial charge in [0.25, 0.3) is 0 Å². The lowest BCUT2D eigenvalue weighted by atomic mass is 9.88. The molecule has 0 N–H and O–H groups in total. The molecule has 2 rings (SSSR count). The zero-order chi connectivity index (χ0) is 17.3. The van der Waals surface area contributed by atoms with Gasteiger partial charge in [-0.05, 0) is 34.6 Å². The molecule has 3 nitrogen and oxygen atoms in total. The molecule has 0 saturated carbocycles. The maximum absolute atomic E-state index is 6.27. The molecule has 1 aliphatic rings. The van der Waals surface area contributed by atoms with Crippen LogP contribution < -0.4 is 0 Å². The van der Waals surface area contributed by atoms with Gasteiger partial charge in [-0.25, -0.2) is 0 Å². The number of rotatable bonds is 5. The van der Waals surface area contributed by atoms with Crippen LogP contribution in [0.5, 0.6) is 0 Å². The Bertz CT molecular complexity index is 508. The fraction of sp³-hybridized carbons (Fsp3) is 0.700. The van der Waals surface area contributed by atoms with Gasteiger partial charge >= 0.3 is 0 Å². The molecule has 0 aliphatic carbocycles. The van der Waals surface area contributed by atoms with E-state index < -0.39 is 0 Å². The largest absolute Gasteiger partial charge is 0.349 e. The van der Waals surface area contributed by atoms with Crippen molar-refractivity contribution in [3.8, 4) is 0 Å². The van der Waals surface area contributed by atoms with E-state index in [1.54, 1.807) is 0 Å². The maximum Gasteiger partial charge on any atom is 0.169 e. The van der Waals surface area contributed by atoms with Gasteiger partial charge in [-0.2, -0.15) is 0 Å². The molecule has 0 unspecified atom stereocenters. The van der Waals surface area contributed by atoms with Gasteiger partial charge < -0.3 is 14.0 Å². The van der Waals surface area contributed by atoms with E-state index >= 15 is 0 Å². The van der Waals surface area contributed by atoms with Crippen molar-refractivity contribution in [3.05, 3.63) is 35.9 Å². The molecule has 0 bridgehead atoms. The molecule has 0 aromatic heterocycles. The van der Waals surface area contributed by atoms with Crippen molar-refractivity contribution in [1.82, 2.24) is 0 Å². The standard InChI is InChI=1S/C20H34NO2/c1-16-13-20(4,5)23-18(22-16)19(2,3)15-21(6,7)14-17-11-9-8-10-12-17/h8-12,16,18H,13-15H2,1-7H3/q+1/t16-,18+/m0/s1. The van der Waals surface area contributed by atoms with Crippen LogP contribution in [-0.4, -0.2) is 43.1 Å². The second kappa shape index (κ2) is 6.54. The lowest BCUT2D eigenvalue weighted by molar-refractivity contribution is -0.910. The van der Waals surface area contributed by atoms with Crippen LogP contribution >= 0.6 is 0 Å². The molecule has 1 aliphatic heterocycles. The number of nitrogens with zero attached hydrogens (tertiary/aromatic N) is 1. The van der Waals surface area contributed by atoms with Crippen LogP contribution in [-0.2, 0) is 16.0 Å². The van der Waals surface area contributed by atoms with E-state index in [2.05, 4.69) is 79.0 Å². The van der Waals surface area contributed by atoms with E-state index in [0.29, 0.717) is 0 Å². The molecule has 0 spiro atoms. The Morgan fingerprint density at radius 1 is 1.17 bits per heavy atom. The van der Waals surface area contributed by atoms with E-state index in [0.717, 1.165) is 24.0 Å². The molecule has 1 saturated heterocycles. The lowest BCUT2D eigenvalue weighted by Crippen LogP contribution is -2.55. The van der Waals surface area contributed by atoms with Crippen LogP contribution in [0.25, 0.3) is 0 Å². The van der Waals surface area contributed by atoms with Crippen LogP contribution in [0.15, 0.2) is 30.3 Å². The fourth-order valence-electron chi connectivity index (χ4n) is 3.97. The summed E-state index contributed by atoms with van der Waals surface area (Å²) in [5.41, 5.74) is 1.20. The first kappa shape index (κ1) is 18.4. The Hall–Kier alpha value is -0.900. The summed E-state index contributed by atoms with van der Waals surface area (Å²) in [4.78, 5) is 0. The SMILES string of the molecule is C[C@H]1CC(C)(C)O[C@H](C(C)(C)C[N+](C)(C)Cc2ccccc2)O1. The highest BCUT2D eigenvalue weighted by atomic mass is 16.7. The average Bonchev–Trinajstić information content (AvgIpc) is 2.35. The monoisotopic (exact) mass is 320 g/mol.